The van der Waals surface area contributed by atoms with Crippen LogP contribution in [0.15, 0.2) is 336 Å². The molecule has 21 aromatic rings. The fourth-order valence-electron chi connectivity index (χ4n) is 15.9. The van der Waals surface area contributed by atoms with Gasteiger partial charge < -0.3 is 18.0 Å². The third-order valence-corrected chi connectivity index (χ3v) is 21.8. The van der Waals surface area contributed by atoms with E-state index in [1.165, 1.54) is 10.1 Å². The highest BCUT2D eigenvalue weighted by Crippen LogP contribution is 2.53. The summed E-state index contributed by atoms with van der Waals surface area (Å²) in [7, 11) is 0. The number of hydrogen-bond acceptors (Lipinski definition) is 6. The van der Waals surface area contributed by atoms with Gasteiger partial charge in [0.1, 0.15) is 22.3 Å². The topological polar surface area (TPSA) is 79.2 Å². The maximum atomic E-state index is 9.81. The average Bonchev–Trinajstić information content (AvgIpc) is 1.21. The molecule has 0 unspecified atom stereocenters. The molecule has 0 bridgehead atoms. The standard InChI is InChI=1S/C94H54N6O2S/c1-95-76-55-75(94-97-92(61-33-18-7-19-34-61)96-93(98-94)70-37-22-36-69-66-35-20-21-38-83(66)103-91(69)70)87(99-77-45-39-62(56-23-8-2-9-24-56)53-73(77)85-79(99)47-43-67-71-51-64(58-27-12-4-13-28-58)41-49-81(71)101-89(67)85)84(60-31-16-6-17-32-60)88(76)100-78-46-40-63(57-25-10-3-11-26-57)54-74(78)86-80(100)48-44-68-72-52-65(59-29-14-5-15-30-59)42-50-82(72)102-90(68)86/h2-55H. The first-order valence-electron chi connectivity index (χ1n) is 34.5. The first kappa shape index (κ1) is 58.2. The minimum atomic E-state index is 0.386. The van der Waals surface area contributed by atoms with Crippen LogP contribution in [0.2, 0.25) is 0 Å². The molecular weight excluding hydrogens is 1280 g/mol. The van der Waals surface area contributed by atoms with Gasteiger partial charge in [-0.15, -0.1) is 11.3 Å². The van der Waals surface area contributed by atoms with Gasteiger partial charge in [-0.2, -0.15) is 0 Å². The zero-order chi connectivity index (χ0) is 67.8. The van der Waals surface area contributed by atoms with Gasteiger partial charge in [0.25, 0.3) is 0 Å². The van der Waals surface area contributed by atoms with Crippen LogP contribution in [0, 0.1) is 6.57 Å². The Balaban J connectivity index is 0.937. The third-order valence-electron chi connectivity index (χ3n) is 20.6. The molecule has 0 saturated heterocycles. The molecule has 478 valence electrons. The summed E-state index contributed by atoms with van der Waals surface area (Å²) in [6.45, 7) is 9.81. The van der Waals surface area contributed by atoms with Crippen molar-refractivity contribution in [2.75, 3.05) is 0 Å². The molecule has 6 aromatic heterocycles. The normalized spacial score (nSPS) is 11.9. The number of furan rings is 2. The van der Waals surface area contributed by atoms with Crippen LogP contribution in [-0.2, 0) is 0 Å². The van der Waals surface area contributed by atoms with E-state index < -0.39 is 0 Å². The van der Waals surface area contributed by atoms with Crippen molar-refractivity contribution in [3.05, 3.63) is 339 Å². The number of fused-ring (bicyclic) bond motifs is 17. The van der Waals surface area contributed by atoms with Crippen LogP contribution in [-0.4, -0.2) is 24.1 Å². The summed E-state index contributed by atoms with van der Waals surface area (Å²) in [5, 5.41) is 10.2. The first-order chi connectivity index (χ1) is 51.0. The van der Waals surface area contributed by atoms with Crippen LogP contribution in [0.4, 0.5) is 5.69 Å². The van der Waals surface area contributed by atoms with Gasteiger partial charge in [0, 0.05) is 74.7 Å². The summed E-state index contributed by atoms with van der Waals surface area (Å²) >= 11 is 1.74. The molecule has 0 aliphatic rings. The van der Waals surface area contributed by atoms with Crippen LogP contribution in [0.25, 0.3) is 214 Å². The second-order valence-electron chi connectivity index (χ2n) is 26.3. The van der Waals surface area contributed by atoms with Crippen LogP contribution < -0.4 is 0 Å². The highest BCUT2D eigenvalue weighted by atomic mass is 32.1. The SMILES string of the molecule is [C-]#[N+]c1cc(-c2nc(-c3ccccc3)nc(-c3cccc4c3sc3ccccc34)n2)c(-n2c3ccc(-c4ccccc4)cc3c3c4oc5ccc(-c6ccccc6)cc5c4ccc32)c(-c2ccccc2)c1-n1c2ccc(-c3ccccc3)cc2c2c3oc4ccc(-c5ccccc5)cc4c3ccc21. The van der Waals surface area contributed by atoms with E-state index in [1.807, 2.05) is 24.3 Å². The van der Waals surface area contributed by atoms with Crippen molar-refractivity contribution in [1.82, 2.24) is 24.1 Å². The molecule has 103 heavy (non-hydrogen) atoms. The van der Waals surface area contributed by atoms with E-state index in [-0.39, 0.29) is 0 Å². The van der Waals surface area contributed by atoms with Crippen molar-refractivity contribution >= 4 is 125 Å². The minimum Gasteiger partial charge on any atom is -0.455 e. The van der Waals surface area contributed by atoms with E-state index in [0.29, 0.717) is 34.4 Å². The maximum absolute atomic E-state index is 9.81. The van der Waals surface area contributed by atoms with Crippen LogP contribution in [0.5, 0.6) is 0 Å². The van der Waals surface area contributed by atoms with E-state index >= 15 is 0 Å². The fourth-order valence-corrected chi connectivity index (χ4v) is 17.1. The van der Waals surface area contributed by atoms with Crippen molar-refractivity contribution in [3.63, 3.8) is 0 Å². The largest absolute Gasteiger partial charge is 0.455 e. The van der Waals surface area contributed by atoms with Gasteiger partial charge in [0.05, 0.1) is 50.8 Å². The molecule has 0 aliphatic carbocycles. The summed E-state index contributed by atoms with van der Waals surface area (Å²) < 4.78 is 21.5. The third kappa shape index (κ3) is 9.18. The molecule has 0 radical (unpaired) electrons. The second-order valence-corrected chi connectivity index (χ2v) is 27.4. The van der Waals surface area contributed by atoms with E-state index in [4.69, 9.17) is 28.6 Å². The molecule has 21 rings (SSSR count). The van der Waals surface area contributed by atoms with Crippen LogP contribution in [0.3, 0.4) is 0 Å². The summed E-state index contributed by atoms with van der Waals surface area (Å²) in [4.78, 5) is 21.6. The Morgan fingerprint density at radius 2 is 0.699 bits per heavy atom. The lowest BCUT2D eigenvalue weighted by Gasteiger charge is -2.24. The molecular formula is C94H54N6O2S. The fraction of sp³-hybridized carbons (Fsp3) is 0. The number of hydrogen-bond donors (Lipinski definition) is 0. The number of aromatic nitrogens is 5. The molecule has 0 saturated carbocycles. The Labute approximate surface area is 594 Å². The van der Waals surface area contributed by atoms with E-state index in [2.05, 4.69) is 312 Å². The lowest BCUT2D eigenvalue weighted by atomic mass is 9.94. The van der Waals surface area contributed by atoms with Gasteiger partial charge in [0.2, 0.25) is 5.69 Å². The van der Waals surface area contributed by atoms with Crippen LogP contribution in [0.1, 0.15) is 0 Å². The maximum Gasteiger partial charge on any atom is 0.212 e. The Morgan fingerprint density at radius 1 is 0.291 bits per heavy atom. The molecule has 0 N–H and O–H groups in total. The van der Waals surface area contributed by atoms with Crippen molar-refractivity contribution in [1.29, 1.82) is 0 Å². The Morgan fingerprint density at radius 3 is 1.20 bits per heavy atom. The van der Waals surface area contributed by atoms with E-state index in [9.17, 15) is 6.57 Å². The van der Waals surface area contributed by atoms with Gasteiger partial charge in [-0.1, -0.05) is 237 Å². The number of rotatable bonds is 10. The lowest BCUT2D eigenvalue weighted by molar-refractivity contribution is 0.672. The molecule has 9 heteroatoms. The van der Waals surface area contributed by atoms with Gasteiger partial charge in [-0.05, 0) is 141 Å². The zero-order valence-corrected chi connectivity index (χ0v) is 55.9. The number of thiophene rings is 1. The summed E-state index contributed by atoms with van der Waals surface area (Å²) in [5.74, 6) is 1.40. The van der Waals surface area contributed by atoms with Crippen molar-refractivity contribution < 1.29 is 8.83 Å². The highest BCUT2D eigenvalue weighted by molar-refractivity contribution is 7.26. The quantitative estimate of drug-likeness (QED) is 0.128. The first-order valence-corrected chi connectivity index (χ1v) is 35.3. The molecule has 0 spiro atoms. The smallest absolute Gasteiger partial charge is 0.212 e. The Hall–Kier alpha value is -13.8. The van der Waals surface area contributed by atoms with Gasteiger partial charge in [0.15, 0.2) is 17.5 Å². The Kier molecular flexibility index (Phi) is 13.1. The molecule has 0 aliphatic heterocycles. The predicted molar refractivity (Wildman–Crippen MR) is 426 cm³/mol. The summed E-state index contributed by atoms with van der Waals surface area (Å²) in [6, 6.07) is 115. The lowest BCUT2D eigenvalue weighted by Crippen LogP contribution is -2.08. The zero-order valence-electron chi connectivity index (χ0n) is 55.1. The van der Waals surface area contributed by atoms with E-state index in [1.54, 1.807) is 11.3 Å². The monoisotopic (exact) mass is 1330 g/mol. The van der Waals surface area contributed by atoms with Gasteiger partial charge >= 0.3 is 0 Å². The summed E-state index contributed by atoms with van der Waals surface area (Å²) in [6.07, 6.45) is 0. The molecule has 0 fully saturated rings. The van der Waals surface area contributed by atoms with E-state index in [0.717, 1.165) is 170 Å². The Bertz CT molecular complexity index is 7090. The van der Waals surface area contributed by atoms with Crippen molar-refractivity contribution in [2.24, 2.45) is 0 Å². The highest BCUT2D eigenvalue weighted by Gasteiger charge is 2.32. The predicted octanol–water partition coefficient (Wildman–Crippen LogP) is 26.1. The van der Waals surface area contributed by atoms with Gasteiger partial charge in [-0.3, -0.25) is 0 Å². The second kappa shape index (κ2) is 23.2. The number of benzene rings is 15. The van der Waals surface area contributed by atoms with Gasteiger partial charge in [-0.25, -0.2) is 19.8 Å². The number of nitrogens with zero attached hydrogens (tertiary/aromatic N) is 6. The molecule has 15 aromatic carbocycles. The molecule has 8 nitrogen and oxygen atoms in total. The van der Waals surface area contributed by atoms with Crippen LogP contribution >= 0.6 is 11.3 Å². The molecule has 0 atom stereocenters. The molecule has 6 heterocycles. The van der Waals surface area contributed by atoms with Crippen molar-refractivity contribution in [3.8, 4) is 101 Å². The molecule has 0 amide bonds. The minimum absolute atomic E-state index is 0.386. The summed E-state index contributed by atoms with van der Waals surface area (Å²) in [5.41, 5.74) is 21.2. The van der Waals surface area contributed by atoms with Crippen molar-refractivity contribution in [2.45, 2.75) is 0 Å². The average molecular weight is 1330 g/mol.